The van der Waals surface area contributed by atoms with E-state index in [4.69, 9.17) is 30.1 Å². The van der Waals surface area contributed by atoms with Crippen LogP contribution in [0.2, 0.25) is 0 Å². The molecule has 1 aliphatic heterocycles. The molecule has 0 saturated carbocycles. The van der Waals surface area contributed by atoms with Crippen molar-refractivity contribution in [2.24, 2.45) is 0 Å². The highest BCUT2D eigenvalue weighted by molar-refractivity contribution is 5.69. The maximum absolute atomic E-state index is 12.1. The van der Waals surface area contributed by atoms with Crippen LogP contribution in [0.1, 0.15) is 24.0 Å². The number of esters is 1. The van der Waals surface area contributed by atoms with Crippen LogP contribution in [0.25, 0.3) is 0 Å². The molecule has 0 bridgehead atoms. The van der Waals surface area contributed by atoms with Gasteiger partial charge < -0.3 is 28.8 Å². The van der Waals surface area contributed by atoms with Crippen molar-refractivity contribution in [2.75, 3.05) is 7.11 Å². The number of ether oxygens (including phenoxy) is 5. The molecule has 2 aromatic carbocycles. The van der Waals surface area contributed by atoms with Crippen LogP contribution in [0.5, 0.6) is 0 Å². The number of aliphatic hydroxyl groups excluding tert-OH is 1. The summed E-state index contributed by atoms with van der Waals surface area (Å²) < 4.78 is 28.6. The lowest BCUT2D eigenvalue weighted by molar-refractivity contribution is -0.351. The average Bonchev–Trinajstić information content (AvgIpc) is 2.83. The molecule has 0 aliphatic carbocycles. The molecule has 0 aromatic heterocycles. The largest absolute Gasteiger partial charge is 0.433 e. The van der Waals surface area contributed by atoms with E-state index in [0.29, 0.717) is 0 Å². The molecular formula is C25H28O7. The molecule has 170 valence electrons. The van der Waals surface area contributed by atoms with Gasteiger partial charge >= 0.3 is 5.97 Å². The van der Waals surface area contributed by atoms with Gasteiger partial charge in [0.1, 0.15) is 18.3 Å². The van der Waals surface area contributed by atoms with Gasteiger partial charge in [-0.15, -0.1) is 12.3 Å². The fourth-order valence-corrected chi connectivity index (χ4v) is 3.34. The van der Waals surface area contributed by atoms with Gasteiger partial charge in [-0.05, 0) is 11.1 Å². The molecule has 1 saturated heterocycles. The van der Waals surface area contributed by atoms with Gasteiger partial charge in [0.05, 0.1) is 19.6 Å². The smallest absolute Gasteiger partial charge is 0.309 e. The van der Waals surface area contributed by atoms with E-state index in [1.54, 1.807) is 0 Å². The molecule has 5 atom stereocenters. The second kappa shape index (κ2) is 12.3. The molecular weight excluding hydrogens is 412 g/mol. The minimum Gasteiger partial charge on any atom is -0.433 e. The van der Waals surface area contributed by atoms with Gasteiger partial charge in [-0.25, -0.2) is 0 Å². The fraction of sp³-hybridized carbons (Fsp3) is 0.400. The normalized spacial score (nSPS) is 25.1. The number of carbonyl (C=O) groups is 1. The Morgan fingerprint density at radius 3 is 2.06 bits per heavy atom. The first-order valence-corrected chi connectivity index (χ1v) is 10.4. The monoisotopic (exact) mass is 440 g/mol. The molecule has 1 aliphatic rings. The van der Waals surface area contributed by atoms with E-state index in [9.17, 15) is 9.90 Å². The summed E-state index contributed by atoms with van der Waals surface area (Å²) >= 11 is 0. The van der Waals surface area contributed by atoms with Crippen molar-refractivity contribution in [1.82, 2.24) is 0 Å². The minimum absolute atomic E-state index is 0.0181. The zero-order valence-electron chi connectivity index (χ0n) is 18.0. The van der Waals surface area contributed by atoms with E-state index in [2.05, 4.69) is 5.92 Å². The maximum atomic E-state index is 12.1. The number of rotatable bonds is 10. The van der Waals surface area contributed by atoms with Gasteiger partial charge in [-0.1, -0.05) is 60.7 Å². The lowest BCUT2D eigenvalue weighted by Crippen LogP contribution is -2.60. The van der Waals surface area contributed by atoms with Crippen molar-refractivity contribution >= 4 is 5.97 Å². The second-order valence-corrected chi connectivity index (χ2v) is 7.32. The molecule has 1 heterocycles. The topological polar surface area (TPSA) is 83.5 Å². The van der Waals surface area contributed by atoms with Crippen LogP contribution in [0.4, 0.5) is 0 Å². The number of benzene rings is 2. The molecule has 7 nitrogen and oxygen atoms in total. The van der Waals surface area contributed by atoms with E-state index in [0.717, 1.165) is 11.1 Å². The number of hydrogen-bond acceptors (Lipinski definition) is 7. The highest BCUT2D eigenvalue weighted by Gasteiger charge is 2.49. The number of methoxy groups -OCH3 is 1. The third-order valence-electron chi connectivity index (χ3n) is 5.00. The number of aliphatic hydroxyl groups is 1. The van der Waals surface area contributed by atoms with Gasteiger partial charge in [0.2, 0.25) is 6.29 Å². The molecule has 0 radical (unpaired) electrons. The summed E-state index contributed by atoms with van der Waals surface area (Å²) in [4.78, 5) is 12.1. The van der Waals surface area contributed by atoms with Crippen LogP contribution < -0.4 is 0 Å². The maximum Gasteiger partial charge on any atom is 0.309 e. The standard InChI is InChI=1S/C25H28O7/c1-3-4-15-20(26)31-24-21(27)22(29-16-18-11-7-5-8-12-18)23(25(28-2)32-24)30-17-19-13-9-6-10-14-19/h1,5-14,21-25,27H,4,15-17H2,2H3/t21-,22-,23+,24-,25-/m0/s1. The molecule has 3 rings (SSSR count). The summed E-state index contributed by atoms with van der Waals surface area (Å²) in [7, 11) is 1.45. The molecule has 0 spiro atoms. The fourth-order valence-electron chi connectivity index (χ4n) is 3.34. The summed E-state index contributed by atoms with van der Waals surface area (Å²) in [5.41, 5.74) is 1.87. The minimum atomic E-state index is -1.29. The van der Waals surface area contributed by atoms with Gasteiger partial charge in [-0.2, -0.15) is 0 Å². The van der Waals surface area contributed by atoms with Crippen LogP contribution in [0.15, 0.2) is 60.7 Å². The number of hydrogen-bond donors (Lipinski definition) is 1. The van der Waals surface area contributed by atoms with E-state index in [1.807, 2.05) is 60.7 Å². The van der Waals surface area contributed by atoms with Gasteiger partial charge in [-0.3, -0.25) is 4.79 Å². The predicted molar refractivity (Wildman–Crippen MR) is 116 cm³/mol. The van der Waals surface area contributed by atoms with Crippen molar-refractivity contribution in [3.05, 3.63) is 71.8 Å². The van der Waals surface area contributed by atoms with Crippen LogP contribution in [0.3, 0.4) is 0 Å². The number of terminal acetylenes is 1. The first-order chi connectivity index (χ1) is 15.6. The van der Waals surface area contributed by atoms with Crippen molar-refractivity contribution < 1.29 is 33.6 Å². The Kier molecular flexibility index (Phi) is 9.23. The molecule has 0 unspecified atom stereocenters. The summed E-state index contributed by atoms with van der Waals surface area (Å²) in [5.74, 6) is 1.80. The first-order valence-electron chi connectivity index (χ1n) is 10.4. The predicted octanol–water partition coefficient (Wildman–Crippen LogP) is 2.80. The molecule has 1 N–H and O–H groups in total. The van der Waals surface area contributed by atoms with Gasteiger partial charge in [0.15, 0.2) is 6.29 Å². The Labute approximate surface area is 188 Å². The Hall–Kier alpha value is -2.73. The molecule has 7 heteroatoms. The Bertz CT molecular complexity index is 865. The lowest BCUT2D eigenvalue weighted by Gasteiger charge is -2.43. The molecule has 32 heavy (non-hydrogen) atoms. The summed E-state index contributed by atoms with van der Waals surface area (Å²) in [5, 5.41) is 11.0. The Balaban J connectivity index is 1.75. The highest BCUT2D eigenvalue weighted by atomic mass is 16.8. The zero-order chi connectivity index (χ0) is 22.8. The third-order valence-corrected chi connectivity index (χ3v) is 5.00. The Morgan fingerprint density at radius 1 is 0.969 bits per heavy atom. The van der Waals surface area contributed by atoms with Crippen molar-refractivity contribution in [3.63, 3.8) is 0 Å². The Morgan fingerprint density at radius 2 is 1.53 bits per heavy atom. The van der Waals surface area contributed by atoms with E-state index < -0.39 is 36.9 Å². The van der Waals surface area contributed by atoms with Gasteiger partial charge in [0, 0.05) is 13.5 Å². The van der Waals surface area contributed by atoms with Crippen molar-refractivity contribution in [2.45, 2.75) is 56.9 Å². The van der Waals surface area contributed by atoms with Crippen molar-refractivity contribution in [3.8, 4) is 12.3 Å². The van der Waals surface area contributed by atoms with E-state index in [-0.39, 0.29) is 26.1 Å². The third kappa shape index (κ3) is 6.63. The van der Waals surface area contributed by atoms with Crippen LogP contribution >= 0.6 is 0 Å². The lowest BCUT2D eigenvalue weighted by atomic mass is 10.0. The summed E-state index contributed by atoms with van der Waals surface area (Å²) in [6.07, 6.45) is 0.323. The van der Waals surface area contributed by atoms with Gasteiger partial charge in [0.25, 0.3) is 0 Å². The van der Waals surface area contributed by atoms with E-state index >= 15 is 0 Å². The molecule has 1 fully saturated rings. The number of carbonyl (C=O) groups excluding carboxylic acids is 1. The van der Waals surface area contributed by atoms with Crippen LogP contribution in [0, 0.1) is 12.3 Å². The quantitative estimate of drug-likeness (QED) is 0.449. The average molecular weight is 440 g/mol. The SMILES string of the molecule is C#CCCC(=O)O[C@H]1O[C@H](OC)[C@H](OCc2ccccc2)[C@@H](OCc2ccccc2)[C@@H]1O. The first kappa shape index (κ1) is 23.9. The molecule has 2 aromatic rings. The van der Waals surface area contributed by atoms with Crippen molar-refractivity contribution in [1.29, 1.82) is 0 Å². The summed E-state index contributed by atoms with van der Waals surface area (Å²) in [6, 6.07) is 19.1. The summed E-state index contributed by atoms with van der Waals surface area (Å²) in [6.45, 7) is 0.487. The zero-order valence-corrected chi connectivity index (χ0v) is 18.0. The second-order valence-electron chi connectivity index (χ2n) is 7.32. The van der Waals surface area contributed by atoms with E-state index in [1.165, 1.54) is 7.11 Å². The van der Waals surface area contributed by atoms with Crippen LogP contribution in [-0.2, 0) is 41.7 Å². The molecule has 0 amide bonds. The van der Waals surface area contributed by atoms with Crippen LogP contribution in [-0.4, -0.2) is 49.1 Å². The highest BCUT2D eigenvalue weighted by Crippen LogP contribution is 2.29.